The predicted molar refractivity (Wildman–Crippen MR) is 123 cm³/mol. The number of anilines is 1. The van der Waals surface area contributed by atoms with E-state index in [1.54, 1.807) is 0 Å². The number of carboxylic acid groups (broad SMARTS) is 1. The lowest BCUT2D eigenvalue weighted by molar-refractivity contribution is -0.446. The van der Waals surface area contributed by atoms with E-state index in [4.69, 9.17) is 4.74 Å². The molecule has 184 valence electrons. The smallest absolute Gasteiger partial charge is 0.304 e. The third-order valence-corrected chi connectivity index (χ3v) is 7.30. The molecule has 9 heteroatoms. The maximum absolute atomic E-state index is 15.1. The first-order valence-electron chi connectivity index (χ1n) is 11.6. The zero-order chi connectivity index (χ0) is 25.2. The van der Waals surface area contributed by atoms with Gasteiger partial charge in [0.05, 0.1) is 23.0 Å². The molecule has 2 atom stereocenters. The number of benzene rings is 2. The fraction of sp³-hybridized carbons (Fsp3) is 0.385. The van der Waals surface area contributed by atoms with Gasteiger partial charge in [0.15, 0.2) is 23.9 Å². The van der Waals surface area contributed by atoms with Crippen LogP contribution in [0.5, 0.6) is 5.75 Å². The molecule has 0 aliphatic carbocycles. The number of carboxylic acids is 1. The van der Waals surface area contributed by atoms with Crippen LogP contribution in [-0.4, -0.2) is 47.1 Å². The van der Waals surface area contributed by atoms with Crippen molar-refractivity contribution in [2.45, 2.75) is 45.1 Å². The Kier molecular flexibility index (Phi) is 5.41. The first kappa shape index (κ1) is 23.4. The molecule has 0 radical (unpaired) electrons. The number of ether oxygens (including phenoxy) is 1. The molecule has 3 aliphatic heterocycles. The lowest BCUT2D eigenvalue weighted by Gasteiger charge is -2.33. The standard InChI is InChI=1S/C26H24F4N2O3/c1-4-31(5-2)14-7-6-13-10-15-16(35-17(13)11-14)8-9-32-24-19(20(27)21(28)22(29)23(24)30)26(3,25(15)32)12-18(33)34/h6-7,10-11,16H,4-5,8-9,12H2,1-3H3/p+1. The van der Waals surface area contributed by atoms with Crippen molar-refractivity contribution in [1.82, 2.24) is 0 Å². The van der Waals surface area contributed by atoms with E-state index >= 15 is 8.78 Å². The van der Waals surface area contributed by atoms with Crippen molar-refractivity contribution in [3.05, 3.63) is 58.2 Å². The molecule has 2 aromatic carbocycles. The van der Waals surface area contributed by atoms with Gasteiger partial charge in [0.2, 0.25) is 11.6 Å². The molecule has 0 fully saturated rings. The van der Waals surface area contributed by atoms with Crippen molar-refractivity contribution in [2.75, 3.05) is 24.5 Å². The summed E-state index contributed by atoms with van der Waals surface area (Å²) in [5.74, 6) is -7.57. The Balaban J connectivity index is 1.72. The van der Waals surface area contributed by atoms with Crippen LogP contribution < -0.4 is 9.64 Å². The van der Waals surface area contributed by atoms with E-state index in [1.165, 1.54) is 11.5 Å². The van der Waals surface area contributed by atoms with Crippen LogP contribution in [0.2, 0.25) is 0 Å². The second-order valence-electron chi connectivity index (χ2n) is 9.27. The number of rotatable bonds is 5. The molecule has 35 heavy (non-hydrogen) atoms. The highest BCUT2D eigenvalue weighted by Gasteiger charge is 2.59. The highest BCUT2D eigenvalue weighted by Crippen LogP contribution is 2.51. The second kappa shape index (κ2) is 8.10. The average Bonchev–Trinajstić information content (AvgIpc) is 3.08. The summed E-state index contributed by atoms with van der Waals surface area (Å²) < 4.78 is 66.3. The van der Waals surface area contributed by atoms with Crippen LogP contribution in [0.1, 0.15) is 44.7 Å². The van der Waals surface area contributed by atoms with Gasteiger partial charge in [0, 0.05) is 36.8 Å². The van der Waals surface area contributed by atoms with E-state index in [-0.39, 0.29) is 6.54 Å². The Labute approximate surface area is 199 Å². The second-order valence-corrected chi connectivity index (χ2v) is 9.27. The largest absolute Gasteiger partial charge is 0.485 e. The van der Waals surface area contributed by atoms with Crippen molar-refractivity contribution < 1.29 is 36.8 Å². The van der Waals surface area contributed by atoms with Crippen LogP contribution in [0.15, 0.2) is 23.8 Å². The van der Waals surface area contributed by atoms with Crippen molar-refractivity contribution >= 4 is 29.1 Å². The molecule has 1 N–H and O–H groups in total. The highest BCUT2D eigenvalue weighted by molar-refractivity contribution is 6.13. The Morgan fingerprint density at radius 3 is 2.49 bits per heavy atom. The van der Waals surface area contributed by atoms with Gasteiger partial charge in [0.1, 0.15) is 11.9 Å². The van der Waals surface area contributed by atoms with E-state index in [0.717, 1.165) is 24.3 Å². The lowest BCUT2D eigenvalue weighted by Crippen LogP contribution is -2.45. The van der Waals surface area contributed by atoms with Gasteiger partial charge in [-0.1, -0.05) is 0 Å². The minimum atomic E-state index is -1.95. The molecule has 0 saturated heterocycles. The molecule has 2 unspecified atom stereocenters. The molecule has 5 nitrogen and oxygen atoms in total. The molecule has 2 aromatic rings. The Hall–Kier alpha value is -3.36. The molecule has 3 heterocycles. The zero-order valence-electron chi connectivity index (χ0n) is 19.6. The molecule has 0 saturated carbocycles. The van der Waals surface area contributed by atoms with Crippen molar-refractivity contribution in [2.24, 2.45) is 0 Å². The topological polar surface area (TPSA) is 52.8 Å². The van der Waals surface area contributed by atoms with E-state index in [9.17, 15) is 18.7 Å². The summed E-state index contributed by atoms with van der Waals surface area (Å²) in [5, 5.41) is 9.65. The van der Waals surface area contributed by atoms with Gasteiger partial charge in [-0.05, 0) is 39.0 Å². The Morgan fingerprint density at radius 1 is 1.14 bits per heavy atom. The zero-order valence-corrected chi connectivity index (χ0v) is 19.6. The van der Waals surface area contributed by atoms with Crippen molar-refractivity contribution in [3.63, 3.8) is 0 Å². The summed E-state index contributed by atoms with van der Waals surface area (Å²) in [5.41, 5.74) is 0.0277. The highest BCUT2D eigenvalue weighted by atomic mass is 19.2. The van der Waals surface area contributed by atoms with Gasteiger partial charge >= 0.3 is 5.97 Å². The number of halogens is 4. The van der Waals surface area contributed by atoms with Gasteiger partial charge in [-0.15, -0.1) is 0 Å². The van der Waals surface area contributed by atoms with Gasteiger partial charge in [-0.25, -0.2) is 13.2 Å². The number of carbonyl (C=O) groups is 1. The van der Waals surface area contributed by atoms with Crippen molar-refractivity contribution in [3.8, 4) is 5.75 Å². The lowest BCUT2D eigenvalue weighted by atomic mass is 9.72. The van der Waals surface area contributed by atoms with E-state index < -0.39 is 58.4 Å². The van der Waals surface area contributed by atoms with Crippen LogP contribution >= 0.6 is 0 Å². The molecular weight excluding hydrogens is 464 g/mol. The number of hydrogen-bond donors (Lipinski definition) is 1. The van der Waals surface area contributed by atoms with Crippen LogP contribution in [0.25, 0.3) is 6.08 Å². The molecule has 0 spiro atoms. The molecule has 0 aromatic heterocycles. The fourth-order valence-electron chi connectivity index (χ4n) is 5.77. The van der Waals surface area contributed by atoms with E-state index in [1.807, 2.05) is 24.3 Å². The first-order valence-corrected chi connectivity index (χ1v) is 11.6. The number of hydrogen-bond acceptors (Lipinski definition) is 3. The van der Waals surface area contributed by atoms with Gasteiger partial charge in [-0.3, -0.25) is 4.79 Å². The quantitative estimate of drug-likeness (QED) is 0.273. The number of aliphatic carboxylic acids is 1. The maximum atomic E-state index is 15.1. The van der Waals surface area contributed by atoms with Crippen LogP contribution in [0.4, 0.5) is 28.9 Å². The van der Waals surface area contributed by atoms with Crippen LogP contribution in [-0.2, 0) is 10.2 Å². The van der Waals surface area contributed by atoms with Gasteiger partial charge in [0.25, 0.3) is 5.69 Å². The summed E-state index contributed by atoms with van der Waals surface area (Å²) in [4.78, 5) is 14.0. The summed E-state index contributed by atoms with van der Waals surface area (Å²) in [7, 11) is 0. The van der Waals surface area contributed by atoms with E-state index in [2.05, 4.69) is 18.7 Å². The maximum Gasteiger partial charge on any atom is 0.304 e. The third-order valence-electron chi connectivity index (χ3n) is 7.30. The molecule has 3 aliphatic rings. The summed E-state index contributed by atoms with van der Waals surface area (Å²) >= 11 is 0. The normalized spacial score (nSPS) is 22.0. The summed E-state index contributed by atoms with van der Waals surface area (Å²) in [6.07, 6.45) is 1.06. The van der Waals surface area contributed by atoms with Gasteiger partial charge < -0.3 is 14.7 Å². The molecule has 5 rings (SSSR count). The monoisotopic (exact) mass is 489 g/mol. The fourth-order valence-corrected chi connectivity index (χ4v) is 5.77. The predicted octanol–water partition coefficient (Wildman–Crippen LogP) is 5.17. The molecule has 0 amide bonds. The first-order chi connectivity index (χ1) is 16.6. The van der Waals surface area contributed by atoms with E-state index in [0.29, 0.717) is 23.5 Å². The van der Waals surface area contributed by atoms with Crippen LogP contribution in [0.3, 0.4) is 0 Å². The third kappa shape index (κ3) is 3.27. The van der Waals surface area contributed by atoms with Gasteiger partial charge in [-0.2, -0.15) is 8.97 Å². The van der Waals surface area contributed by atoms with Crippen LogP contribution in [0, 0.1) is 23.3 Å². The minimum absolute atomic E-state index is 0.131. The summed E-state index contributed by atoms with van der Waals surface area (Å²) in [6, 6.07) is 5.77. The SMILES string of the molecule is CCN(CC)c1ccc2c(c1)OC1CC[N+]3=C(C1=C2)C(C)(CC(=O)O)c1c(F)c(F)c(F)c(F)c13. The molecular formula is C26H25F4N2O3+. The molecule has 0 bridgehead atoms. The Morgan fingerprint density at radius 2 is 1.83 bits per heavy atom. The van der Waals surface area contributed by atoms with Crippen molar-refractivity contribution in [1.29, 1.82) is 0 Å². The summed E-state index contributed by atoms with van der Waals surface area (Å²) in [6.45, 7) is 7.31. The Bertz CT molecular complexity index is 1330. The number of fused-ring (bicyclic) bond motifs is 5. The number of nitrogens with zero attached hydrogens (tertiary/aromatic N) is 2. The minimum Gasteiger partial charge on any atom is -0.485 e. The average molecular weight is 489 g/mol.